The molecule has 1 aliphatic rings. The van der Waals surface area contributed by atoms with Crippen LogP contribution in [0.1, 0.15) is 37.7 Å². The van der Waals surface area contributed by atoms with E-state index in [0.717, 1.165) is 29.3 Å². The molecule has 9 nitrogen and oxygen atoms in total. The van der Waals surface area contributed by atoms with Gasteiger partial charge >= 0.3 is 5.97 Å². The Morgan fingerprint density at radius 1 is 1.26 bits per heavy atom. The molecular formula is C22H31N5O4. The van der Waals surface area contributed by atoms with Gasteiger partial charge in [-0.05, 0) is 43.9 Å². The summed E-state index contributed by atoms with van der Waals surface area (Å²) in [6.07, 6.45) is 5.05. The minimum Gasteiger partial charge on any atom is -0.480 e. The second-order valence-electron chi connectivity index (χ2n) is 8.04. The first-order valence-corrected chi connectivity index (χ1v) is 10.8. The van der Waals surface area contributed by atoms with Gasteiger partial charge in [0.2, 0.25) is 11.8 Å². The first kappa shape index (κ1) is 22.8. The number of nitrogens with zero attached hydrogens (tertiary/aromatic N) is 1. The van der Waals surface area contributed by atoms with Crippen LogP contribution in [0.4, 0.5) is 0 Å². The van der Waals surface area contributed by atoms with Crippen LogP contribution < -0.4 is 16.8 Å². The van der Waals surface area contributed by atoms with Crippen molar-refractivity contribution in [3.8, 4) is 0 Å². The van der Waals surface area contributed by atoms with Gasteiger partial charge in [0.1, 0.15) is 12.1 Å². The molecule has 1 aromatic carbocycles. The number of hydrogen-bond acceptors (Lipinski definition) is 5. The molecule has 1 fully saturated rings. The molecule has 31 heavy (non-hydrogen) atoms. The normalized spacial score (nSPS) is 18.1. The van der Waals surface area contributed by atoms with Crippen molar-refractivity contribution in [1.29, 1.82) is 0 Å². The molecule has 9 heteroatoms. The number of aliphatic carboxylic acids is 1. The number of amides is 2. The number of nitrogens with one attached hydrogen (secondary N) is 2. The molecule has 2 aromatic rings. The van der Waals surface area contributed by atoms with Crippen molar-refractivity contribution in [3.05, 3.63) is 36.0 Å². The smallest absolute Gasteiger partial charge is 0.326 e. The second kappa shape index (κ2) is 10.4. The number of H-pyrrole nitrogens is 1. The number of unbranched alkanes of at least 4 members (excludes halogenated alkanes) is 1. The molecule has 3 atom stereocenters. The molecule has 7 N–H and O–H groups in total. The summed E-state index contributed by atoms with van der Waals surface area (Å²) in [6, 6.07) is 5.18. The molecular weight excluding hydrogens is 398 g/mol. The Labute approximate surface area is 181 Å². The molecule has 1 aromatic heterocycles. The Morgan fingerprint density at radius 2 is 2.03 bits per heavy atom. The van der Waals surface area contributed by atoms with Crippen molar-refractivity contribution in [1.82, 2.24) is 15.2 Å². The van der Waals surface area contributed by atoms with Gasteiger partial charge in [0.05, 0.1) is 6.04 Å². The maximum atomic E-state index is 13.3. The fourth-order valence-electron chi connectivity index (χ4n) is 4.13. The molecule has 0 bridgehead atoms. The molecule has 0 unspecified atom stereocenters. The molecule has 1 saturated heterocycles. The molecule has 0 spiro atoms. The first-order chi connectivity index (χ1) is 14.9. The quantitative estimate of drug-likeness (QED) is 0.351. The number of para-hydroxylation sites is 1. The zero-order valence-corrected chi connectivity index (χ0v) is 17.5. The van der Waals surface area contributed by atoms with Gasteiger partial charge in [0.15, 0.2) is 0 Å². The fourth-order valence-corrected chi connectivity index (χ4v) is 4.13. The van der Waals surface area contributed by atoms with E-state index in [1.54, 1.807) is 0 Å². The largest absolute Gasteiger partial charge is 0.480 e. The van der Waals surface area contributed by atoms with Gasteiger partial charge in [-0.3, -0.25) is 9.59 Å². The number of likely N-dealkylation sites (tertiary alicyclic amines) is 1. The van der Waals surface area contributed by atoms with E-state index in [4.69, 9.17) is 11.5 Å². The van der Waals surface area contributed by atoms with Crippen LogP contribution in [0.25, 0.3) is 10.9 Å². The standard InChI is InChI=1S/C22H31N5O4/c23-10-4-3-7-16(24)20(28)26-18(21(29)27-11-5-9-19(27)22(30)31)12-14-13-25-17-8-2-1-6-15(14)17/h1-2,6,8,13,16,18-19,25H,3-5,7,9-12,23-24H2,(H,26,28)(H,30,31)/t16-,18-,19+/m0/s1. The van der Waals surface area contributed by atoms with Crippen LogP contribution >= 0.6 is 0 Å². The van der Waals surface area contributed by atoms with Gasteiger partial charge in [0, 0.05) is 30.1 Å². The van der Waals surface area contributed by atoms with E-state index < -0.39 is 35.9 Å². The van der Waals surface area contributed by atoms with Crippen molar-refractivity contribution in [2.75, 3.05) is 13.1 Å². The zero-order valence-electron chi connectivity index (χ0n) is 17.5. The Hall–Kier alpha value is -2.91. The minimum atomic E-state index is -1.03. The lowest BCUT2D eigenvalue weighted by Crippen LogP contribution is -2.55. The first-order valence-electron chi connectivity index (χ1n) is 10.8. The van der Waals surface area contributed by atoms with E-state index >= 15 is 0 Å². The second-order valence-corrected chi connectivity index (χ2v) is 8.04. The fraction of sp³-hybridized carbons (Fsp3) is 0.500. The molecule has 1 aliphatic heterocycles. The van der Waals surface area contributed by atoms with Gasteiger partial charge in [-0.2, -0.15) is 0 Å². The molecule has 168 valence electrons. The molecule has 2 heterocycles. The molecule has 0 aliphatic carbocycles. The lowest BCUT2D eigenvalue weighted by Gasteiger charge is -2.28. The average Bonchev–Trinajstić information content (AvgIpc) is 3.40. The number of rotatable bonds is 10. The number of fused-ring (bicyclic) bond motifs is 1. The number of hydrogen-bond donors (Lipinski definition) is 5. The number of carboxylic acids is 1. The van der Waals surface area contributed by atoms with Crippen molar-refractivity contribution in [2.45, 2.75) is 56.7 Å². The number of carbonyl (C=O) groups excluding carboxylic acids is 2. The molecule has 0 radical (unpaired) electrons. The summed E-state index contributed by atoms with van der Waals surface area (Å²) in [6.45, 7) is 0.889. The number of aromatic amines is 1. The van der Waals surface area contributed by atoms with Crippen LogP contribution in [0.3, 0.4) is 0 Å². The number of nitrogens with two attached hydrogens (primary N) is 2. The van der Waals surface area contributed by atoms with Crippen LogP contribution in [0.2, 0.25) is 0 Å². The Kier molecular flexibility index (Phi) is 7.64. The lowest BCUT2D eigenvalue weighted by molar-refractivity contribution is -0.149. The van der Waals surface area contributed by atoms with Gasteiger partial charge in [0.25, 0.3) is 0 Å². The maximum Gasteiger partial charge on any atom is 0.326 e. The van der Waals surface area contributed by atoms with E-state index in [9.17, 15) is 19.5 Å². The van der Waals surface area contributed by atoms with Crippen molar-refractivity contribution in [3.63, 3.8) is 0 Å². The predicted molar refractivity (Wildman–Crippen MR) is 117 cm³/mol. The molecule has 3 rings (SSSR count). The van der Waals surface area contributed by atoms with Crippen molar-refractivity contribution < 1.29 is 19.5 Å². The summed E-state index contributed by atoms with van der Waals surface area (Å²) in [5.74, 6) is -1.83. The van der Waals surface area contributed by atoms with E-state index in [0.29, 0.717) is 32.4 Å². The third-order valence-electron chi connectivity index (χ3n) is 5.84. The lowest BCUT2D eigenvalue weighted by atomic mass is 10.0. The average molecular weight is 430 g/mol. The van der Waals surface area contributed by atoms with Crippen LogP contribution in [0.5, 0.6) is 0 Å². The highest BCUT2D eigenvalue weighted by molar-refractivity contribution is 5.93. The Bertz CT molecular complexity index is 928. The Morgan fingerprint density at radius 3 is 2.77 bits per heavy atom. The SMILES string of the molecule is NCCCC[C@H](N)C(=O)N[C@@H](Cc1c[nH]c2ccccc12)C(=O)N1CCC[C@@H]1C(=O)O. The van der Waals surface area contributed by atoms with E-state index in [1.807, 2.05) is 30.5 Å². The highest BCUT2D eigenvalue weighted by atomic mass is 16.4. The van der Waals surface area contributed by atoms with Crippen LogP contribution in [0, 0.1) is 0 Å². The highest BCUT2D eigenvalue weighted by Crippen LogP contribution is 2.23. The van der Waals surface area contributed by atoms with Crippen molar-refractivity contribution >= 4 is 28.7 Å². The summed E-state index contributed by atoms with van der Waals surface area (Å²) >= 11 is 0. The maximum absolute atomic E-state index is 13.3. The number of carbonyl (C=O) groups is 3. The van der Waals surface area contributed by atoms with Gasteiger partial charge in [-0.15, -0.1) is 0 Å². The van der Waals surface area contributed by atoms with Crippen LogP contribution in [-0.2, 0) is 20.8 Å². The minimum absolute atomic E-state index is 0.243. The van der Waals surface area contributed by atoms with Crippen LogP contribution in [-0.4, -0.2) is 64.0 Å². The van der Waals surface area contributed by atoms with E-state index in [1.165, 1.54) is 4.90 Å². The topological polar surface area (TPSA) is 155 Å². The summed E-state index contributed by atoms with van der Waals surface area (Å²) in [5, 5.41) is 13.2. The van der Waals surface area contributed by atoms with Gasteiger partial charge in [-0.25, -0.2) is 4.79 Å². The van der Waals surface area contributed by atoms with E-state index in [2.05, 4.69) is 10.3 Å². The van der Waals surface area contributed by atoms with Crippen molar-refractivity contribution in [2.24, 2.45) is 11.5 Å². The number of carboxylic acid groups (broad SMARTS) is 1. The summed E-state index contributed by atoms with van der Waals surface area (Å²) in [4.78, 5) is 42.2. The zero-order chi connectivity index (χ0) is 22.4. The third-order valence-corrected chi connectivity index (χ3v) is 5.84. The van der Waals surface area contributed by atoms with Gasteiger partial charge < -0.3 is 31.8 Å². The summed E-state index contributed by atoms with van der Waals surface area (Å²) in [7, 11) is 0. The van der Waals surface area contributed by atoms with Crippen LogP contribution in [0.15, 0.2) is 30.5 Å². The number of aromatic nitrogens is 1. The third kappa shape index (κ3) is 5.42. The number of benzene rings is 1. The predicted octanol–water partition coefficient (Wildman–Crippen LogP) is 0.727. The molecule has 2 amide bonds. The summed E-state index contributed by atoms with van der Waals surface area (Å²) < 4.78 is 0. The monoisotopic (exact) mass is 429 g/mol. The summed E-state index contributed by atoms with van der Waals surface area (Å²) in [5.41, 5.74) is 13.3. The highest BCUT2D eigenvalue weighted by Gasteiger charge is 2.38. The van der Waals surface area contributed by atoms with Gasteiger partial charge in [-0.1, -0.05) is 24.6 Å². The molecule has 0 saturated carbocycles. The van der Waals surface area contributed by atoms with E-state index in [-0.39, 0.29) is 6.42 Å². The Balaban J connectivity index is 1.80.